The molecule has 2 N–H and O–H groups in total. The van der Waals surface area contributed by atoms with Crippen LogP contribution in [0.1, 0.15) is 92.1 Å². The highest BCUT2D eigenvalue weighted by Crippen LogP contribution is 2.33. The highest BCUT2D eigenvalue weighted by atomic mass is 16.7. The minimum Gasteiger partial charge on any atom is -0.477 e. The Hall–Kier alpha value is -3.34. The Morgan fingerprint density at radius 1 is 0.881 bits per heavy atom. The van der Waals surface area contributed by atoms with Gasteiger partial charge in [-0.1, -0.05) is 65.9 Å². The van der Waals surface area contributed by atoms with Gasteiger partial charge in [0.2, 0.25) is 0 Å². The molecule has 2 unspecified atom stereocenters. The van der Waals surface area contributed by atoms with E-state index in [0.29, 0.717) is 18.4 Å². The van der Waals surface area contributed by atoms with Crippen LogP contribution in [-0.2, 0) is 30.2 Å². The molecule has 2 rings (SSSR count). The van der Waals surface area contributed by atoms with Crippen LogP contribution in [0.2, 0.25) is 0 Å². The normalized spacial score (nSPS) is 16.5. The average Bonchev–Trinajstić information content (AvgIpc) is 2.95. The number of benzene rings is 1. The Bertz CT molecular complexity index is 1050. The van der Waals surface area contributed by atoms with Gasteiger partial charge in [-0.15, -0.1) is 0 Å². The number of esters is 1. The average molecular weight is 594 g/mol. The fourth-order valence-electron chi connectivity index (χ4n) is 4.37. The highest BCUT2D eigenvalue weighted by Gasteiger charge is 2.45. The second-order valence-electron chi connectivity index (χ2n) is 11.5. The number of hydrogen-bond acceptors (Lipinski definition) is 10. The quantitative estimate of drug-likeness (QED) is 0.103. The summed E-state index contributed by atoms with van der Waals surface area (Å²) in [6.07, 6.45) is 3.38. The molecule has 11 heteroatoms. The first-order valence-corrected chi connectivity index (χ1v) is 14.9. The molecule has 1 aromatic carbocycles. The summed E-state index contributed by atoms with van der Waals surface area (Å²) in [5.41, 5.74) is -1.75. The van der Waals surface area contributed by atoms with E-state index in [9.17, 15) is 24.3 Å². The molecule has 0 radical (unpaired) electrons. The van der Waals surface area contributed by atoms with Crippen LogP contribution in [0.3, 0.4) is 0 Å². The molecule has 0 amide bonds. The maximum Gasteiger partial charge on any atom is 0.513 e. The van der Waals surface area contributed by atoms with Crippen molar-refractivity contribution in [3.05, 3.63) is 23.8 Å². The lowest BCUT2D eigenvalue weighted by atomic mass is 9.89. The molecular weight excluding hydrogens is 546 g/mol. The van der Waals surface area contributed by atoms with Crippen molar-refractivity contribution >= 4 is 24.2 Å². The van der Waals surface area contributed by atoms with Crippen LogP contribution in [0, 0.1) is 17.8 Å². The highest BCUT2D eigenvalue weighted by molar-refractivity contribution is 5.83. The fraction of sp³-hybridized carbons (Fsp3) is 0.677. The molecule has 0 heterocycles. The van der Waals surface area contributed by atoms with E-state index in [1.807, 2.05) is 27.7 Å². The standard InChI is InChI=1S/C31H47NO10/c1-7-21(5)18-38-29(36)40-25-15-14-23(16-26(25)41-30(37)39-19-22(6)8-2)17-31(28(34)35,32-20(3)4)42-27(33)24-12-10-9-11-13-24/h14-16,20-22,24,32H,7-13,17-19H2,1-6H3,(H,34,35)/t21?,22?,31-/m0/s1. The van der Waals surface area contributed by atoms with Gasteiger partial charge in [0.1, 0.15) is 0 Å². The zero-order valence-electron chi connectivity index (χ0n) is 25.7. The first-order chi connectivity index (χ1) is 19.9. The van der Waals surface area contributed by atoms with Gasteiger partial charge in [-0.25, -0.2) is 14.4 Å². The Labute approximate surface area is 248 Å². The van der Waals surface area contributed by atoms with Crippen LogP contribution in [0.4, 0.5) is 9.59 Å². The molecule has 11 nitrogen and oxygen atoms in total. The molecule has 236 valence electrons. The van der Waals surface area contributed by atoms with Crippen molar-refractivity contribution in [2.75, 3.05) is 13.2 Å². The van der Waals surface area contributed by atoms with Crippen molar-refractivity contribution < 1.29 is 48.0 Å². The summed E-state index contributed by atoms with van der Waals surface area (Å²) in [6, 6.07) is 3.87. The van der Waals surface area contributed by atoms with E-state index in [4.69, 9.17) is 23.7 Å². The first kappa shape index (κ1) is 34.9. The lowest BCUT2D eigenvalue weighted by molar-refractivity contribution is -0.188. The summed E-state index contributed by atoms with van der Waals surface area (Å²) < 4.78 is 26.8. The third-order valence-corrected chi connectivity index (χ3v) is 7.29. The van der Waals surface area contributed by atoms with Crippen LogP contribution in [0.15, 0.2) is 18.2 Å². The second kappa shape index (κ2) is 16.9. The Balaban J connectivity index is 2.37. The predicted molar refractivity (Wildman–Crippen MR) is 154 cm³/mol. The van der Waals surface area contributed by atoms with E-state index >= 15 is 0 Å². The van der Waals surface area contributed by atoms with E-state index in [1.165, 1.54) is 18.2 Å². The molecule has 1 aliphatic rings. The van der Waals surface area contributed by atoms with Crippen molar-refractivity contribution in [2.45, 2.75) is 105 Å². The molecule has 0 saturated heterocycles. The summed E-state index contributed by atoms with van der Waals surface area (Å²) in [7, 11) is 0. The molecule has 3 atom stereocenters. The zero-order valence-corrected chi connectivity index (χ0v) is 25.7. The monoisotopic (exact) mass is 593 g/mol. The number of rotatable bonds is 15. The topological polar surface area (TPSA) is 147 Å². The van der Waals surface area contributed by atoms with E-state index in [0.717, 1.165) is 32.1 Å². The molecule has 42 heavy (non-hydrogen) atoms. The molecule has 0 aliphatic heterocycles. The third-order valence-electron chi connectivity index (χ3n) is 7.29. The van der Waals surface area contributed by atoms with Gasteiger partial charge in [-0.05, 0) is 56.2 Å². The van der Waals surface area contributed by atoms with Gasteiger partial charge in [0.15, 0.2) is 11.5 Å². The summed E-state index contributed by atoms with van der Waals surface area (Å²) in [6.45, 7) is 11.5. The number of carbonyl (C=O) groups is 4. The third kappa shape index (κ3) is 11.2. The van der Waals surface area contributed by atoms with Gasteiger partial charge in [-0.3, -0.25) is 10.1 Å². The van der Waals surface area contributed by atoms with Crippen LogP contribution in [0.25, 0.3) is 0 Å². The van der Waals surface area contributed by atoms with Crippen LogP contribution in [-0.4, -0.2) is 54.3 Å². The van der Waals surface area contributed by atoms with Crippen molar-refractivity contribution in [3.8, 4) is 11.5 Å². The summed E-state index contributed by atoms with van der Waals surface area (Å²) in [4.78, 5) is 50.6. The number of ether oxygens (including phenoxy) is 5. The van der Waals surface area contributed by atoms with E-state index in [2.05, 4.69) is 5.32 Å². The van der Waals surface area contributed by atoms with Crippen LogP contribution in [0.5, 0.6) is 11.5 Å². The fourth-order valence-corrected chi connectivity index (χ4v) is 4.37. The van der Waals surface area contributed by atoms with Gasteiger partial charge in [0.25, 0.3) is 5.72 Å². The largest absolute Gasteiger partial charge is 0.513 e. The smallest absolute Gasteiger partial charge is 0.477 e. The predicted octanol–water partition coefficient (Wildman–Crippen LogP) is 6.25. The van der Waals surface area contributed by atoms with Crippen molar-refractivity contribution in [2.24, 2.45) is 17.8 Å². The molecule has 1 aromatic rings. The van der Waals surface area contributed by atoms with Crippen LogP contribution < -0.4 is 14.8 Å². The molecule has 1 saturated carbocycles. The second-order valence-corrected chi connectivity index (χ2v) is 11.5. The zero-order chi connectivity index (χ0) is 31.3. The van der Waals surface area contributed by atoms with Crippen molar-refractivity contribution in [1.82, 2.24) is 5.32 Å². The number of carbonyl (C=O) groups excluding carboxylic acids is 3. The van der Waals surface area contributed by atoms with Gasteiger partial charge in [0, 0.05) is 12.5 Å². The maximum atomic E-state index is 13.1. The molecular formula is C31H47NO10. The van der Waals surface area contributed by atoms with Gasteiger partial charge >= 0.3 is 24.2 Å². The number of carboxylic acid groups (broad SMARTS) is 1. The molecule has 0 aromatic heterocycles. The van der Waals surface area contributed by atoms with E-state index in [-0.39, 0.29) is 54.9 Å². The molecule has 1 aliphatic carbocycles. The summed E-state index contributed by atoms with van der Waals surface area (Å²) in [5.74, 6) is -2.38. The first-order valence-electron chi connectivity index (χ1n) is 14.9. The van der Waals surface area contributed by atoms with E-state index in [1.54, 1.807) is 13.8 Å². The van der Waals surface area contributed by atoms with Gasteiger partial charge < -0.3 is 28.8 Å². The Kier molecular flexibility index (Phi) is 14.1. The van der Waals surface area contributed by atoms with Gasteiger partial charge in [0.05, 0.1) is 19.1 Å². The van der Waals surface area contributed by atoms with Crippen molar-refractivity contribution in [3.63, 3.8) is 0 Å². The number of aliphatic carboxylic acids is 1. The molecule has 0 spiro atoms. The molecule has 0 bridgehead atoms. The SMILES string of the molecule is CCC(C)COC(=O)Oc1ccc(C[C@](NC(C)C)(OC(=O)C2CCCCC2)C(=O)O)cc1OC(=O)OCC(C)CC. The number of hydrogen-bond donors (Lipinski definition) is 2. The maximum absolute atomic E-state index is 13.1. The number of nitrogens with one attached hydrogen (secondary N) is 1. The summed E-state index contributed by atoms with van der Waals surface area (Å²) >= 11 is 0. The van der Waals surface area contributed by atoms with E-state index < -0.39 is 30.0 Å². The summed E-state index contributed by atoms with van der Waals surface area (Å²) in [5, 5.41) is 13.2. The number of carboxylic acids is 1. The van der Waals surface area contributed by atoms with Gasteiger partial charge in [-0.2, -0.15) is 0 Å². The minimum atomic E-state index is -2.09. The molecule has 1 fully saturated rings. The Morgan fingerprint density at radius 3 is 1.93 bits per heavy atom. The lowest BCUT2D eigenvalue weighted by Gasteiger charge is -2.34. The van der Waals surface area contributed by atoms with Crippen molar-refractivity contribution in [1.29, 1.82) is 0 Å². The van der Waals surface area contributed by atoms with Crippen LogP contribution >= 0.6 is 0 Å². The Morgan fingerprint density at radius 2 is 1.43 bits per heavy atom. The lowest BCUT2D eigenvalue weighted by Crippen LogP contribution is -2.59. The minimum absolute atomic E-state index is 0.104.